The molecule has 5 atom stereocenters. The molecule has 1 aliphatic heterocycles. The molecule has 1 aromatic carbocycles. The molecule has 1 aliphatic rings. The van der Waals surface area contributed by atoms with Gasteiger partial charge in [0.25, 0.3) is 0 Å². The highest BCUT2D eigenvalue weighted by molar-refractivity contribution is 5.95. The van der Waals surface area contributed by atoms with E-state index in [9.17, 15) is 24.0 Å². The Bertz CT molecular complexity index is 1190. The smallest absolute Gasteiger partial charge is 0.354 e. The van der Waals surface area contributed by atoms with Crippen LogP contribution in [0.5, 0.6) is 5.75 Å². The fraction of sp³-hybridized carbons (Fsp3) is 0.458. The normalized spacial score (nSPS) is 23.0. The van der Waals surface area contributed by atoms with E-state index in [0.717, 1.165) is 20.8 Å². The molecule has 2 aromatic rings. The Hall–Kier alpha value is -4.13. The molecule has 200 valence electrons. The molecule has 0 unspecified atom stereocenters. The third-order valence-corrected chi connectivity index (χ3v) is 5.20. The van der Waals surface area contributed by atoms with Crippen LogP contribution in [-0.4, -0.2) is 79.3 Å². The van der Waals surface area contributed by atoms with E-state index in [4.69, 9.17) is 33.2 Å². The van der Waals surface area contributed by atoms with Crippen molar-refractivity contribution >= 4 is 40.7 Å². The monoisotopic (exact) mass is 521 g/mol. The van der Waals surface area contributed by atoms with Crippen molar-refractivity contribution in [1.29, 1.82) is 0 Å². The van der Waals surface area contributed by atoms with Crippen molar-refractivity contribution in [2.24, 2.45) is 0 Å². The van der Waals surface area contributed by atoms with Gasteiger partial charge in [-0.25, -0.2) is 4.79 Å². The summed E-state index contributed by atoms with van der Waals surface area (Å²) in [6.07, 6.45) is -6.55. The number of benzene rings is 1. The second-order valence-corrected chi connectivity index (χ2v) is 8.11. The van der Waals surface area contributed by atoms with E-state index >= 15 is 0 Å². The Morgan fingerprint density at radius 2 is 1.46 bits per heavy atom. The van der Waals surface area contributed by atoms with E-state index in [2.05, 4.69) is 4.98 Å². The number of rotatable bonds is 8. The van der Waals surface area contributed by atoms with Crippen LogP contribution in [0, 0.1) is 0 Å². The first-order valence-electron chi connectivity index (χ1n) is 11.2. The van der Waals surface area contributed by atoms with E-state index in [0.29, 0.717) is 10.9 Å². The van der Waals surface area contributed by atoms with Crippen molar-refractivity contribution in [3.05, 3.63) is 30.0 Å². The Morgan fingerprint density at radius 1 is 0.838 bits per heavy atom. The molecule has 0 radical (unpaired) electrons. The third kappa shape index (κ3) is 6.97. The number of nitrogens with one attached hydrogen (secondary N) is 1. The van der Waals surface area contributed by atoms with Gasteiger partial charge in [-0.1, -0.05) is 0 Å². The zero-order valence-electron chi connectivity index (χ0n) is 20.8. The van der Waals surface area contributed by atoms with E-state index in [1.54, 1.807) is 24.3 Å². The summed E-state index contributed by atoms with van der Waals surface area (Å²) in [6.45, 7) is 4.19. The van der Waals surface area contributed by atoms with Crippen LogP contribution in [0.15, 0.2) is 24.3 Å². The zero-order chi connectivity index (χ0) is 27.3. The first kappa shape index (κ1) is 27.5. The van der Waals surface area contributed by atoms with Gasteiger partial charge in [0.1, 0.15) is 24.2 Å². The molecule has 0 bridgehead atoms. The molecule has 13 heteroatoms. The maximum absolute atomic E-state index is 11.9. The Labute approximate surface area is 211 Å². The van der Waals surface area contributed by atoms with Gasteiger partial charge < -0.3 is 38.1 Å². The number of fused-ring (bicyclic) bond motifs is 1. The van der Waals surface area contributed by atoms with Gasteiger partial charge in [-0.05, 0) is 18.2 Å². The van der Waals surface area contributed by atoms with Gasteiger partial charge in [0.2, 0.25) is 12.4 Å². The predicted octanol–water partition coefficient (Wildman–Crippen LogP) is 1.42. The average molecular weight is 521 g/mol. The second-order valence-electron chi connectivity index (χ2n) is 8.11. The Kier molecular flexibility index (Phi) is 8.71. The highest BCUT2D eigenvalue weighted by Gasteiger charge is 2.53. The van der Waals surface area contributed by atoms with Crippen molar-refractivity contribution < 1.29 is 57.1 Å². The van der Waals surface area contributed by atoms with Crippen LogP contribution in [0.4, 0.5) is 0 Å². The number of hydrogen-bond donors (Lipinski definition) is 1. The minimum atomic E-state index is -1.38. The summed E-state index contributed by atoms with van der Waals surface area (Å²) >= 11 is 0. The number of aromatic amines is 1. The van der Waals surface area contributed by atoms with Crippen LogP contribution in [0.3, 0.4) is 0 Å². The van der Waals surface area contributed by atoms with E-state index in [1.807, 2.05) is 0 Å². The number of ether oxygens (including phenoxy) is 7. The van der Waals surface area contributed by atoms with Crippen LogP contribution in [0.1, 0.15) is 38.2 Å². The van der Waals surface area contributed by atoms with Crippen LogP contribution in [0.25, 0.3) is 10.9 Å². The SMILES string of the molecule is COC(=O)c1cc2ccc(O[C@@H]3O[C@H](COC(C)=O)[C@H](OC(C)=O)[C@H](OC(C)=O)[C@H]3OC(C)=O)cc2[nH]1. The first-order chi connectivity index (χ1) is 17.5. The molecule has 2 heterocycles. The van der Waals surface area contributed by atoms with Gasteiger partial charge in [-0.15, -0.1) is 0 Å². The number of hydrogen-bond acceptors (Lipinski definition) is 12. The zero-order valence-corrected chi connectivity index (χ0v) is 20.8. The van der Waals surface area contributed by atoms with Crippen LogP contribution >= 0.6 is 0 Å². The molecule has 3 rings (SSSR count). The summed E-state index contributed by atoms with van der Waals surface area (Å²) in [6, 6.07) is 6.40. The quantitative estimate of drug-likeness (QED) is 0.393. The van der Waals surface area contributed by atoms with Crippen LogP contribution in [0.2, 0.25) is 0 Å². The van der Waals surface area contributed by atoms with Crippen LogP contribution < -0.4 is 4.74 Å². The first-order valence-corrected chi connectivity index (χ1v) is 11.2. The molecule has 0 spiro atoms. The number of carbonyl (C=O) groups excluding carboxylic acids is 5. The number of aromatic nitrogens is 1. The lowest BCUT2D eigenvalue weighted by molar-refractivity contribution is -0.288. The van der Waals surface area contributed by atoms with Gasteiger partial charge in [-0.3, -0.25) is 19.2 Å². The van der Waals surface area contributed by atoms with Crippen LogP contribution in [-0.2, 0) is 47.6 Å². The van der Waals surface area contributed by atoms with Crippen molar-refractivity contribution in [3.63, 3.8) is 0 Å². The van der Waals surface area contributed by atoms with Crippen molar-refractivity contribution in [1.82, 2.24) is 4.98 Å². The number of carbonyl (C=O) groups is 5. The average Bonchev–Trinajstić information content (AvgIpc) is 3.23. The topological polar surface area (TPSA) is 166 Å². The minimum absolute atomic E-state index is 0.224. The molecule has 37 heavy (non-hydrogen) atoms. The standard InChI is InChI=1S/C24H27NO12/c1-11(26)32-10-19-20(33-12(2)27)21(34-13(3)28)22(35-14(4)29)24(37-19)36-16-7-6-15-8-18(23(30)31-5)25-17(15)9-16/h6-9,19-22,24-25H,10H2,1-5H3/t19-,20+,21+,22-,24-/m1/s1. The lowest BCUT2D eigenvalue weighted by Gasteiger charge is -2.43. The van der Waals surface area contributed by atoms with E-state index < -0.39 is 60.6 Å². The largest absolute Gasteiger partial charge is 0.464 e. The van der Waals surface area contributed by atoms with Crippen molar-refractivity contribution in [3.8, 4) is 5.75 Å². The second kappa shape index (κ2) is 11.7. The summed E-state index contributed by atoms with van der Waals surface area (Å²) < 4.78 is 37.7. The maximum Gasteiger partial charge on any atom is 0.354 e. The highest BCUT2D eigenvalue weighted by atomic mass is 16.7. The predicted molar refractivity (Wildman–Crippen MR) is 122 cm³/mol. The lowest BCUT2D eigenvalue weighted by Crippen LogP contribution is -2.63. The van der Waals surface area contributed by atoms with Gasteiger partial charge in [0.15, 0.2) is 12.2 Å². The van der Waals surface area contributed by atoms with Gasteiger partial charge in [0.05, 0.1) is 7.11 Å². The Balaban J connectivity index is 1.98. The number of H-pyrrole nitrogens is 1. The van der Waals surface area contributed by atoms with Crippen molar-refractivity contribution in [2.75, 3.05) is 13.7 Å². The Morgan fingerprint density at radius 3 is 2.05 bits per heavy atom. The fourth-order valence-electron chi connectivity index (χ4n) is 3.82. The molecular weight excluding hydrogens is 494 g/mol. The number of esters is 5. The summed E-state index contributed by atoms with van der Waals surface area (Å²) in [5.74, 6) is -3.20. The molecule has 1 saturated heterocycles. The number of methoxy groups -OCH3 is 1. The summed E-state index contributed by atoms with van der Waals surface area (Å²) in [7, 11) is 1.26. The molecule has 1 fully saturated rings. The molecule has 1 aromatic heterocycles. The molecule has 1 N–H and O–H groups in total. The summed E-state index contributed by atoms with van der Waals surface area (Å²) in [5, 5.41) is 0.689. The molecule has 13 nitrogen and oxygen atoms in total. The lowest BCUT2D eigenvalue weighted by atomic mass is 9.98. The van der Waals surface area contributed by atoms with Crippen molar-refractivity contribution in [2.45, 2.75) is 58.4 Å². The molecule has 0 aliphatic carbocycles. The molecule has 0 amide bonds. The fourth-order valence-corrected chi connectivity index (χ4v) is 3.82. The van der Waals surface area contributed by atoms with E-state index in [1.165, 1.54) is 14.0 Å². The van der Waals surface area contributed by atoms with Gasteiger partial charge in [0, 0.05) is 44.7 Å². The summed E-state index contributed by atoms with van der Waals surface area (Å²) in [4.78, 5) is 61.9. The highest BCUT2D eigenvalue weighted by Crippen LogP contribution is 2.32. The van der Waals surface area contributed by atoms with Gasteiger partial charge >= 0.3 is 29.8 Å². The third-order valence-electron chi connectivity index (χ3n) is 5.20. The molecular formula is C24H27NO12. The molecule has 0 saturated carbocycles. The summed E-state index contributed by atoms with van der Waals surface area (Å²) in [5.41, 5.74) is 0.755. The maximum atomic E-state index is 11.9. The minimum Gasteiger partial charge on any atom is -0.464 e. The van der Waals surface area contributed by atoms with E-state index in [-0.39, 0.29) is 18.1 Å². The van der Waals surface area contributed by atoms with Gasteiger partial charge in [-0.2, -0.15) is 0 Å².